The lowest BCUT2D eigenvalue weighted by molar-refractivity contribution is -0.139. The number of ether oxygens (including phenoxy) is 1. The Balaban J connectivity index is 1.64. The van der Waals surface area contributed by atoms with Crippen LogP contribution in [0.3, 0.4) is 0 Å². The Hall–Kier alpha value is -1.59. The fourth-order valence-corrected chi connectivity index (χ4v) is 3.37. The minimum Gasteiger partial charge on any atom is -0.493 e. The summed E-state index contributed by atoms with van der Waals surface area (Å²) >= 11 is 0. The van der Waals surface area contributed by atoms with Crippen LogP contribution in [0.1, 0.15) is 31.7 Å². The van der Waals surface area contributed by atoms with E-state index in [0.29, 0.717) is 6.04 Å². The van der Waals surface area contributed by atoms with Gasteiger partial charge in [0.1, 0.15) is 5.75 Å². The number of likely N-dealkylation sites (tertiary alicyclic amines) is 1. The first-order chi connectivity index (χ1) is 11.6. The van der Waals surface area contributed by atoms with Gasteiger partial charge in [-0.15, -0.1) is 0 Å². The van der Waals surface area contributed by atoms with Crippen molar-refractivity contribution >= 4 is 5.97 Å². The number of piperidine rings is 1. The third-order valence-corrected chi connectivity index (χ3v) is 4.79. The Kier molecular flexibility index (Phi) is 7.53. The largest absolute Gasteiger partial charge is 0.493 e. The van der Waals surface area contributed by atoms with Crippen molar-refractivity contribution in [3.63, 3.8) is 0 Å². The number of aliphatic carboxylic acids is 1. The number of nitrogens with zero attached hydrogens (tertiary/aromatic N) is 2. The lowest BCUT2D eigenvalue weighted by atomic mass is 10.0. The van der Waals surface area contributed by atoms with E-state index in [0.717, 1.165) is 57.8 Å². The first-order valence-corrected chi connectivity index (χ1v) is 8.96. The quantitative estimate of drug-likeness (QED) is 0.704. The normalized spacial score (nSPS) is 16.5. The summed E-state index contributed by atoms with van der Waals surface area (Å²) in [5, 5.41) is 8.99. The maximum Gasteiger partial charge on any atom is 0.317 e. The van der Waals surface area contributed by atoms with E-state index in [4.69, 9.17) is 9.84 Å². The number of carbonyl (C=O) groups is 1. The predicted molar refractivity (Wildman–Crippen MR) is 95.6 cm³/mol. The fourth-order valence-electron chi connectivity index (χ4n) is 3.37. The van der Waals surface area contributed by atoms with Gasteiger partial charge in [0.2, 0.25) is 0 Å². The second-order valence-corrected chi connectivity index (χ2v) is 6.50. The molecule has 1 saturated heterocycles. The van der Waals surface area contributed by atoms with E-state index in [1.165, 1.54) is 5.56 Å². The highest BCUT2D eigenvalue weighted by Crippen LogP contribution is 2.18. The molecule has 1 aliphatic heterocycles. The van der Waals surface area contributed by atoms with Crippen molar-refractivity contribution < 1.29 is 14.6 Å². The average molecular weight is 334 g/mol. The highest BCUT2D eigenvalue weighted by atomic mass is 16.5. The molecule has 0 aromatic heterocycles. The molecular weight excluding hydrogens is 304 g/mol. The Labute approximate surface area is 145 Å². The number of carboxylic acid groups (broad SMARTS) is 1. The summed E-state index contributed by atoms with van der Waals surface area (Å²) in [6, 6.07) is 8.52. The van der Waals surface area contributed by atoms with E-state index in [-0.39, 0.29) is 6.54 Å². The van der Waals surface area contributed by atoms with Gasteiger partial charge >= 0.3 is 5.97 Å². The zero-order chi connectivity index (χ0) is 17.4. The first kappa shape index (κ1) is 18.7. The van der Waals surface area contributed by atoms with Crippen LogP contribution in [0.15, 0.2) is 24.3 Å². The van der Waals surface area contributed by atoms with Crippen molar-refractivity contribution in [1.29, 1.82) is 0 Å². The molecule has 0 bridgehead atoms. The number of hydrogen-bond acceptors (Lipinski definition) is 4. The van der Waals surface area contributed by atoms with Crippen molar-refractivity contribution in [3.8, 4) is 5.75 Å². The highest BCUT2D eigenvalue weighted by molar-refractivity contribution is 5.69. The molecule has 5 heteroatoms. The minimum absolute atomic E-state index is 0.158. The van der Waals surface area contributed by atoms with Crippen LogP contribution in [-0.4, -0.2) is 66.2 Å². The number of carboxylic acids is 1. The van der Waals surface area contributed by atoms with Crippen LogP contribution in [0.25, 0.3) is 0 Å². The van der Waals surface area contributed by atoms with E-state index in [1.807, 2.05) is 25.1 Å². The second kappa shape index (κ2) is 9.64. The number of para-hydroxylation sites is 1. The van der Waals surface area contributed by atoms with Crippen LogP contribution in [-0.2, 0) is 4.79 Å². The SMILES string of the molecule is CCN(CC(=O)O)C1CCN(CCCOc2ccccc2C)CC1. The lowest BCUT2D eigenvalue weighted by Crippen LogP contribution is -2.46. The number of likely N-dealkylation sites (N-methyl/N-ethyl adjacent to an activating group) is 1. The highest BCUT2D eigenvalue weighted by Gasteiger charge is 2.24. The molecule has 1 aliphatic rings. The van der Waals surface area contributed by atoms with E-state index < -0.39 is 5.97 Å². The van der Waals surface area contributed by atoms with Crippen LogP contribution in [0.5, 0.6) is 5.75 Å². The molecule has 1 N–H and O–H groups in total. The Morgan fingerprint density at radius 2 is 2.04 bits per heavy atom. The van der Waals surface area contributed by atoms with Crippen LogP contribution in [0.2, 0.25) is 0 Å². The van der Waals surface area contributed by atoms with Crippen LogP contribution >= 0.6 is 0 Å². The lowest BCUT2D eigenvalue weighted by Gasteiger charge is -2.37. The van der Waals surface area contributed by atoms with E-state index in [2.05, 4.69) is 22.8 Å². The zero-order valence-corrected chi connectivity index (χ0v) is 14.9. The van der Waals surface area contributed by atoms with Gasteiger partial charge in [0.25, 0.3) is 0 Å². The predicted octanol–water partition coefficient (Wildman–Crippen LogP) is 2.63. The van der Waals surface area contributed by atoms with Gasteiger partial charge in [-0.1, -0.05) is 25.1 Å². The van der Waals surface area contributed by atoms with Gasteiger partial charge < -0.3 is 14.7 Å². The minimum atomic E-state index is -0.729. The molecule has 0 unspecified atom stereocenters. The molecule has 1 aromatic carbocycles. The number of rotatable bonds is 9. The molecule has 0 atom stereocenters. The average Bonchev–Trinajstić information content (AvgIpc) is 2.58. The monoisotopic (exact) mass is 334 g/mol. The van der Waals surface area contributed by atoms with Crippen molar-refractivity contribution in [3.05, 3.63) is 29.8 Å². The molecule has 0 aliphatic carbocycles. The number of aryl methyl sites for hydroxylation is 1. The van der Waals surface area contributed by atoms with Gasteiger partial charge in [0.15, 0.2) is 0 Å². The molecule has 0 radical (unpaired) electrons. The maximum absolute atomic E-state index is 10.9. The molecule has 0 spiro atoms. The van der Waals surface area contributed by atoms with Crippen molar-refractivity contribution in [2.75, 3.05) is 39.3 Å². The molecule has 1 fully saturated rings. The summed E-state index contributed by atoms with van der Waals surface area (Å²) in [5.41, 5.74) is 1.18. The summed E-state index contributed by atoms with van der Waals surface area (Å²) in [5.74, 6) is 0.246. The third kappa shape index (κ3) is 5.80. The van der Waals surface area contributed by atoms with E-state index in [1.54, 1.807) is 0 Å². The molecule has 0 saturated carbocycles. The van der Waals surface area contributed by atoms with Gasteiger partial charge in [-0.25, -0.2) is 0 Å². The molecule has 2 rings (SSSR count). The molecule has 0 amide bonds. The topological polar surface area (TPSA) is 53.0 Å². The van der Waals surface area contributed by atoms with Gasteiger partial charge in [0.05, 0.1) is 13.2 Å². The number of benzene rings is 1. The standard InChI is InChI=1S/C19H30N2O3/c1-3-21(15-19(22)23)17-9-12-20(13-10-17)11-6-14-24-18-8-5-4-7-16(18)2/h4-5,7-8,17H,3,6,9-15H2,1-2H3,(H,22,23). The molecule has 134 valence electrons. The maximum atomic E-state index is 10.9. The van der Waals surface area contributed by atoms with Crippen LogP contribution in [0.4, 0.5) is 0 Å². The van der Waals surface area contributed by atoms with Gasteiger partial charge in [-0.2, -0.15) is 0 Å². The van der Waals surface area contributed by atoms with E-state index in [9.17, 15) is 4.79 Å². The first-order valence-electron chi connectivity index (χ1n) is 8.96. The summed E-state index contributed by atoms with van der Waals surface area (Å²) in [7, 11) is 0. The molecular formula is C19H30N2O3. The molecule has 5 nitrogen and oxygen atoms in total. The fraction of sp³-hybridized carbons (Fsp3) is 0.632. The summed E-state index contributed by atoms with van der Waals surface area (Å²) in [6.07, 6.45) is 3.13. The van der Waals surface area contributed by atoms with Gasteiger partial charge in [-0.3, -0.25) is 9.69 Å². The van der Waals surface area contributed by atoms with E-state index >= 15 is 0 Å². The van der Waals surface area contributed by atoms with Crippen molar-refractivity contribution in [2.24, 2.45) is 0 Å². The Morgan fingerprint density at radius 3 is 2.67 bits per heavy atom. The van der Waals surface area contributed by atoms with Crippen LogP contribution < -0.4 is 4.74 Å². The Morgan fingerprint density at radius 1 is 1.33 bits per heavy atom. The zero-order valence-electron chi connectivity index (χ0n) is 14.9. The van der Waals surface area contributed by atoms with Gasteiger partial charge in [-0.05, 0) is 57.5 Å². The molecule has 1 heterocycles. The smallest absolute Gasteiger partial charge is 0.317 e. The van der Waals surface area contributed by atoms with Gasteiger partial charge in [0, 0.05) is 12.6 Å². The summed E-state index contributed by atoms with van der Waals surface area (Å²) < 4.78 is 5.85. The molecule has 1 aromatic rings. The Bertz CT molecular complexity index is 513. The second-order valence-electron chi connectivity index (χ2n) is 6.50. The summed E-state index contributed by atoms with van der Waals surface area (Å²) in [6.45, 7) is 8.95. The number of hydrogen-bond donors (Lipinski definition) is 1. The van der Waals surface area contributed by atoms with Crippen molar-refractivity contribution in [1.82, 2.24) is 9.80 Å². The molecule has 24 heavy (non-hydrogen) atoms. The summed E-state index contributed by atoms with van der Waals surface area (Å²) in [4.78, 5) is 15.5. The van der Waals surface area contributed by atoms with Crippen LogP contribution in [0, 0.1) is 6.92 Å². The van der Waals surface area contributed by atoms with Crippen molar-refractivity contribution in [2.45, 2.75) is 39.2 Å². The third-order valence-electron chi connectivity index (χ3n) is 4.79.